The molecule has 0 fully saturated rings. The number of sulfonamides is 1. The van der Waals surface area contributed by atoms with E-state index in [0.29, 0.717) is 11.1 Å². The van der Waals surface area contributed by atoms with Gasteiger partial charge in [0, 0.05) is 5.56 Å². The van der Waals surface area contributed by atoms with Crippen molar-refractivity contribution in [2.24, 2.45) is 5.73 Å². The van der Waals surface area contributed by atoms with Crippen molar-refractivity contribution >= 4 is 43.7 Å². The molecular weight excluding hydrogens is 304 g/mol. The van der Waals surface area contributed by atoms with Crippen molar-refractivity contribution in [2.75, 3.05) is 4.72 Å². The monoisotopic (exact) mass is 314 g/mol. The van der Waals surface area contributed by atoms with Gasteiger partial charge in [-0.15, -0.1) is 10.2 Å². The smallest absolute Gasteiger partial charge is 0.238 e. The summed E-state index contributed by atoms with van der Waals surface area (Å²) in [6, 6.07) is 6.80. The topological polar surface area (TPSA) is 98.0 Å². The molecule has 1 aromatic carbocycles. The molecule has 0 atom stereocenters. The second kappa shape index (κ2) is 5.59. The maximum atomic E-state index is 11.9. The number of aromatic nitrogens is 2. The maximum Gasteiger partial charge on any atom is 0.238 e. The Hall–Kier alpha value is -1.58. The summed E-state index contributed by atoms with van der Waals surface area (Å²) in [5, 5.41) is 7.43. The first kappa shape index (κ1) is 13.8. The van der Waals surface area contributed by atoms with Gasteiger partial charge in [0.2, 0.25) is 15.2 Å². The minimum absolute atomic E-state index is 0.178. The summed E-state index contributed by atoms with van der Waals surface area (Å²) in [6.45, 7) is 0. The number of nitrogens with zero attached hydrogens (tertiary/aromatic N) is 2. The highest BCUT2D eigenvalue weighted by atomic mass is 32.2. The highest BCUT2D eigenvalue weighted by Crippen LogP contribution is 2.14. The first-order valence-electron chi connectivity index (χ1n) is 5.12. The summed E-state index contributed by atoms with van der Waals surface area (Å²) >= 11 is 5.97. The lowest BCUT2D eigenvalue weighted by atomic mass is 10.1. The Balaban J connectivity index is 2.16. The summed E-state index contributed by atoms with van der Waals surface area (Å²) in [5.41, 5.74) is 8.19. The van der Waals surface area contributed by atoms with Crippen molar-refractivity contribution in [3.63, 3.8) is 0 Å². The molecule has 0 aliphatic heterocycles. The number of hydrogen-bond acceptors (Lipinski definition) is 6. The summed E-state index contributed by atoms with van der Waals surface area (Å²) in [6.07, 6.45) is 0. The highest BCUT2D eigenvalue weighted by Gasteiger charge is 2.14. The first-order valence-corrected chi connectivity index (χ1v) is 8.06. The van der Waals surface area contributed by atoms with Gasteiger partial charge in [0.25, 0.3) is 0 Å². The predicted octanol–water partition coefficient (Wildman–Crippen LogP) is 1.11. The molecule has 0 radical (unpaired) electrons. The minimum atomic E-state index is -3.53. The molecule has 2 rings (SSSR count). The third-order valence-corrected chi connectivity index (χ3v) is 4.36. The van der Waals surface area contributed by atoms with Crippen molar-refractivity contribution in [1.82, 2.24) is 10.2 Å². The summed E-state index contributed by atoms with van der Waals surface area (Å²) in [4.78, 5) is 0.233. The maximum absolute atomic E-state index is 11.9. The number of nitrogens with two attached hydrogens (primary N) is 1. The fourth-order valence-corrected chi connectivity index (χ4v) is 3.41. The fraction of sp³-hybridized carbons (Fsp3) is 0.100. The largest absolute Gasteiger partial charge is 0.389 e. The van der Waals surface area contributed by atoms with E-state index in [1.807, 2.05) is 0 Å². The number of thiocarbonyl (C=S) groups is 1. The van der Waals surface area contributed by atoms with E-state index in [2.05, 4.69) is 14.9 Å². The van der Waals surface area contributed by atoms with Crippen molar-refractivity contribution < 1.29 is 8.42 Å². The third-order valence-electron chi connectivity index (χ3n) is 2.17. The average Bonchev–Trinajstić information content (AvgIpc) is 2.80. The number of hydrogen-bond donors (Lipinski definition) is 2. The Morgan fingerprint density at radius 3 is 2.89 bits per heavy atom. The van der Waals surface area contributed by atoms with Crippen molar-refractivity contribution in [3.8, 4) is 0 Å². The number of rotatable bonds is 5. The predicted molar refractivity (Wildman–Crippen MR) is 78.5 cm³/mol. The van der Waals surface area contributed by atoms with E-state index in [1.165, 1.54) is 5.51 Å². The van der Waals surface area contributed by atoms with E-state index in [4.69, 9.17) is 18.0 Å². The van der Waals surface area contributed by atoms with Crippen LogP contribution in [0.4, 0.5) is 5.13 Å². The zero-order valence-corrected chi connectivity index (χ0v) is 12.1. The van der Waals surface area contributed by atoms with Crippen LogP contribution in [0.25, 0.3) is 0 Å². The number of anilines is 1. The summed E-state index contributed by atoms with van der Waals surface area (Å²) in [5.74, 6) is -0.178. The Labute approximate surface area is 119 Å². The molecule has 3 N–H and O–H groups in total. The molecule has 2 aromatic rings. The molecule has 9 heteroatoms. The molecule has 19 heavy (non-hydrogen) atoms. The van der Waals surface area contributed by atoms with Crippen molar-refractivity contribution in [2.45, 2.75) is 5.75 Å². The number of nitrogens with one attached hydrogen (secondary N) is 1. The van der Waals surface area contributed by atoms with Gasteiger partial charge in [0.05, 0.1) is 5.75 Å². The molecule has 0 bridgehead atoms. The summed E-state index contributed by atoms with van der Waals surface area (Å²) in [7, 11) is -3.53. The number of benzene rings is 1. The van der Waals surface area contributed by atoms with Crippen LogP contribution in [0, 0.1) is 0 Å². The molecule has 1 heterocycles. The van der Waals surface area contributed by atoms with Crippen LogP contribution in [-0.2, 0) is 15.8 Å². The molecule has 6 nitrogen and oxygen atoms in total. The lowest BCUT2D eigenvalue weighted by Gasteiger charge is -2.06. The lowest BCUT2D eigenvalue weighted by molar-refractivity contribution is 0.600. The van der Waals surface area contributed by atoms with Gasteiger partial charge in [-0.1, -0.05) is 41.8 Å². The van der Waals surface area contributed by atoms with Crippen LogP contribution in [0.1, 0.15) is 11.1 Å². The Bertz CT molecular complexity index is 683. The van der Waals surface area contributed by atoms with E-state index >= 15 is 0 Å². The van der Waals surface area contributed by atoms with Gasteiger partial charge in [-0.3, -0.25) is 4.72 Å². The van der Waals surface area contributed by atoms with E-state index < -0.39 is 10.0 Å². The zero-order valence-electron chi connectivity index (χ0n) is 9.61. The normalized spacial score (nSPS) is 11.2. The van der Waals surface area contributed by atoms with Gasteiger partial charge in [-0.2, -0.15) is 0 Å². The third kappa shape index (κ3) is 3.94. The van der Waals surface area contributed by atoms with Gasteiger partial charge < -0.3 is 5.73 Å². The van der Waals surface area contributed by atoms with Gasteiger partial charge in [-0.05, 0) is 11.6 Å². The van der Waals surface area contributed by atoms with Gasteiger partial charge in [0.1, 0.15) is 10.5 Å². The molecule has 0 unspecified atom stereocenters. The molecule has 0 spiro atoms. The van der Waals surface area contributed by atoms with E-state index in [-0.39, 0.29) is 15.9 Å². The zero-order chi connectivity index (χ0) is 13.9. The fourth-order valence-electron chi connectivity index (χ4n) is 1.42. The van der Waals surface area contributed by atoms with Crippen LogP contribution in [0.3, 0.4) is 0 Å². The van der Waals surface area contributed by atoms with E-state index in [0.717, 1.165) is 11.3 Å². The minimum Gasteiger partial charge on any atom is -0.389 e. The second-order valence-corrected chi connectivity index (χ2v) is 6.66. The Morgan fingerprint density at radius 2 is 2.26 bits per heavy atom. The van der Waals surface area contributed by atoms with E-state index in [1.54, 1.807) is 24.3 Å². The first-order chi connectivity index (χ1) is 8.96. The Morgan fingerprint density at radius 1 is 1.47 bits per heavy atom. The van der Waals surface area contributed by atoms with E-state index in [9.17, 15) is 8.42 Å². The molecule has 0 aliphatic carbocycles. The standard InChI is InChI=1S/C10H10N4O2S3/c11-9(17)8-3-1-2-7(4-8)5-19(15,16)14-10-13-12-6-18-10/h1-4,6H,5H2,(H2,11,17)(H,13,14). The molecule has 1 aromatic heterocycles. The van der Waals surface area contributed by atoms with Gasteiger partial charge in [-0.25, -0.2) is 8.42 Å². The molecule has 0 saturated carbocycles. The molecule has 0 aliphatic rings. The van der Waals surface area contributed by atoms with Crippen LogP contribution in [0.15, 0.2) is 29.8 Å². The van der Waals surface area contributed by atoms with Crippen LogP contribution >= 0.6 is 23.6 Å². The molecular formula is C10H10N4O2S3. The van der Waals surface area contributed by atoms with Crippen LogP contribution < -0.4 is 10.5 Å². The van der Waals surface area contributed by atoms with Gasteiger partial charge in [0.15, 0.2) is 0 Å². The van der Waals surface area contributed by atoms with Crippen molar-refractivity contribution in [3.05, 3.63) is 40.9 Å². The lowest BCUT2D eigenvalue weighted by Crippen LogP contribution is -2.16. The highest BCUT2D eigenvalue weighted by molar-refractivity contribution is 7.92. The average molecular weight is 314 g/mol. The summed E-state index contributed by atoms with van der Waals surface area (Å²) < 4.78 is 26.2. The molecule has 100 valence electrons. The molecule has 0 saturated heterocycles. The Kier molecular flexibility index (Phi) is 4.08. The van der Waals surface area contributed by atoms with Crippen LogP contribution in [0.5, 0.6) is 0 Å². The second-order valence-electron chi connectivity index (χ2n) is 3.67. The van der Waals surface area contributed by atoms with Gasteiger partial charge >= 0.3 is 0 Å². The van der Waals surface area contributed by atoms with Crippen molar-refractivity contribution in [1.29, 1.82) is 0 Å². The quantitative estimate of drug-likeness (QED) is 0.802. The van der Waals surface area contributed by atoms with Crippen LogP contribution in [0.2, 0.25) is 0 Å². The SMILES string of the molecule is NC(=S)c1cccc(CS(=O)(=O)Nc2nncs2)c1. The van der Waals surface area contributed by atoms with Crippen LogP contribution in [-0.4, -0.2) is 23.6 Å². The molecule has 0 amide bonds.